The van der Waals surface area contributed by atoms with Crippen LogP contribution in [0.15, 0.2) is 60.2 Å². The third-order valence-electron chi connectivity index (χ3n) is 4.43. The Hall–Kier alpha value is -3.59. The maximum Gasteiger partial charge on any atom is 0.266 e. The molecule has 6 heteroatoms. The van der Waals surface area contributed by atoms with Crippen LogP contribution in [0.4, 0.5) is 5.69 Å². The lowest BCUT2D eigenvalue weighted by Crippen LogP contribution is -2.32. The van der Waals surface area contributed by atoms with Gasteiger partial charge in [0.15, 0.2) is 6.61 Å². The van der Waals surface area contributed by atoms with Crippen LogP contribution in [0.3, 0.4) is 0 Å². The molecule has 0 unspecified atom stereocenters. The van der Waals surface area contributed by atoms with E-state index in [4.69, 9.17) is 4.74 Å². The quantitative estimate of drug-likeness (QED) is 0.621. The number of para-hydroxylation sites is 2. The van der Waals surface area contributed by atoms with E-state index in [1.807, 2.05) is 12.1 Å². The predicted molar refractivity (Wildman–Crippen MR) is 106 cm³/mol. The van der Waals surface area contributed by atoms with Crippen LogP contribution in [-0.2, 0) is 9.59 Å². The van der Waals surface area contributed by atoms with Crippen molar-refractivity contribution < 1.29 is 14.3 Å². The van der Waals surface area contributed by atoms with Crippen molar-refractivity contribution in [1.82, 2.24) is 4.90 Å². The predicted octanol–water partition coefficient (Wildman–Crippen LogP) is 3.23. The first-order valence-corrected chi connectivity index (χ1v) is 9.15. The average Bonchev–Trinajstić information content (AvgIpc) is 3.26. The normalized spacial score (nSPS) is 13.7. The van der Waals surface area contributed by atoms with Gasteiger partial charge in [0.25, 0.3) is 11.8 Å². The smallest absolute Gasteiger partial charge is 0.266 e. The number of rotatable bonds is 6. The van der Waals surface area contributed by atoms with Crippen LogP contribution >= 0.6 is 0 Å². The highest BCUT2D eigenvalue weighted by atomic mass is 16.5. The number of amides is 2. The highest BCUT2D eigenvalue weighted by Gasteiger charge is 2.18. The number of benzene rings is 2. The molecule has 0 atom stereocenters. The van der Waals surface area contributed by atoms with Crippen molar-refractivity contribution in [3.05, 3.63) is 65.7 Å². The highest BCUT2D eigenvalue weighted by molar-refractivity contribution is 6.09. The van der Waals surface area contributed by atoms with Crippen molar-refractivity contribution in [3.63, 3.8) is 0 Å². The van der Waals surface area contributed by atoms with Crippen LogP contribution in [0, 0.1) is 11.3 Å². The topological polar surface area (TPSA) is 82.4 Å². The van der Waals surface area contributed by atoms with E-state index < -0.39 is 5.91 Å². The summed E-state index contributed by atoms with van der Waals surface area (Å²) in [6, 6.07) is 17.9. The Labute approximate surface area is 164 Å². The number of nitrogens with one attached hydrogen (secondary N) is 1. The molecule has 142 valence electrons. The van der Waals surface area contributed by atoms with Gasteiger partial charge in [-0.15, -0.1) is 0 Å². The lowest BCUT2D eigenvalue weighted by atomic mass is 10.1. The van der Waals surface area contributed by atoms with Gasteiger partial charge in [0.05, 0.1) is 0 Å². The second kappa shape index (κ2) is 9.38. The Morgan fingerprint density at radius 3 is 2.46 bits per heavy atom. The molecule has 2 aromatic rings. The fraction of sp³-hybridized carbons (Fsp3) is 0.227. The van der Waals surface area contributed by atoms with E-state index in [0.29, 0.717) is 17.0 Å². The molecule has 2 aromatic carbocycles. The van der Waals surface area contributed by atoms with Crippen LogP contribution < -0.4 is 10.1 Å². The summed E-state index contributed by atoms with van der Waals surface area (Å²) >= 11 is 0. The minimum atomic E-state index is -0.503. The Bertz CT molecular complexity index is 910. The first kappa shape index (κ1) is 19.2. The number of anilines is 1. The van der Waals surface area contributed by atoms with Gasteiger partial charge < -0.3 is 15.0 Å². The number of carbonyl (C=O) groups excluding carboxylic acids is 2. The first-order valence-electron chi connectivity index (χ1n) is 9.15. The molecule has 3 rings (SSSR count). The van der Waals surface area contributed by atoms with E-state index in [9.17, 15) is 14.9 Å². The van der Waals surface area contributed by atoms with E-state index in [1.54, 1.807) is 53.4 Å². The van der Waals surface area contributed by atoms with Gasteiger partial charge in [-0.2, -0.15) is 5.26 Å². The molecule has 2 amide bonds. The molecular weight excluding hydrogens is 354 g/mol. The number of hydrogen-bond donors (Lipinski definition) is 1. The molecule has 1 fully saturated rings. The maximum absolute atomic E-state index is 12.4. The van der Waals surface area contributed by atoms with Gasteiger partial charge in [-0.3, -0.25) is 9.59 Å². The van der Waals surface area contributed by atoms with Gasteiger partial charge in [-0.25, -0.2) is 0 Å². The largest absolute Gasteiger partial charge is 0.483 e. The zero-order valence-electron chi connectivity index (χ0n) is 15.4. The average molecular weight is 375 g/mol. The number of carbonyl (C=O) groups is 2. The molecule has 0 saturated carbocycles. The molecule has 1 saturated heterocycles. The molecular formula is C22H21N3O3. The second-order valence-electron chi connectivity index (χ2n) is 6.40. The molecule has 28 heavy (non-hydrogen) atoms. The van der Waals surface area contributed by atoms with Gasteiger partial charge in [0.1, 0.15) is 17.4 Å². The molecule has 0 aliphatic carbocycles. The fourth-order valence-electron chi connectivity index (χ4n) is 2.95. The minimum Gasteiger partial charge on any atom is -0.483 e. The van der Waals surface area contributed by atoms with Gasteiger partial charge in [0.2, 0.25) is 0 Å². The number of nitriles is 1. The molecule has 6 nitrogen and oxygen atoms in total. The zero-order chi connectivity index (χ0) is 19.8. The van der Waals surface area contributed by atoms with Crippen LogP contribution in [0.25, 0.3) is 6.08 Å². The minimum absolute atomic E-state index is 0.0502. The number of nitrogens with zero attached hydrogens (tertiary/aromatic N) is 2. The molecule has 1 heterocycles. The summed E-state index contributed by atoms with van der Waals surface area (Å²) in [5.41, 5.74) is 1.12. The lowest BCUT2D eigenvalue weighted by molar-refractivity contribution is -0.132. The van der Waals surface area contributed by atoms with Crippen LogP contribution in [-0.4, -0.2) is 36.4 Å². The summed E-state index contributed by atoms with van der Waals surface area (Å²) in [5, 5.41) is 12.1. The van der Waals surface area contributed by atoms with E-state index >= 15 is 0 Å². The Balaban J connectivity index is 1.72. The summed E-state index contributed by atoms with van der Waals surface area (Å²) in [4.78, 5) is 26.4. The molecule has 0 bridgehead atoms. The maximum atomic E-state index is 12.4. The first-order chi connectivity index (χ1) is 13.7. The Morgan fingerprint density at radius 1 is 1.07 bits per heavy atom. The standard InChI is InChI=1S/C22H21N3O3/c23-15-18(22(27)24-19-9-2-1-3-10-19)14-17-8-4-5-11-20(17)28-16-21(26)25-12-6-7-13-25/h1-5,8-11,14H,6-7,12-13,16H2,(H,24,27)/b18-14+. The van der Waals surface area contributed by atoms with Crippen LogP contribution in [0.1, 0.15) is 18.4 Å². The van der Waals surface area contributed by atoms with E-state index in [0.717, 1.165) is 25.9 Å². The van der Waals surface area contributed by atoms with Gasteiger partial charge in [-0.1, -0.05) is 36.4 Å². The molecule has 1 aliphatic heterocycles. The number of hydrogen-bond acceptors (Lipinski definition) is 4. The molecule has 0 radical (unpaired) electrons. The van der Waals surface area contributed by atoms with E-state index in [2.05, 4.69) is 5.32 Å². The monoisotopic (exact) mass is 375 g/mol. The molecule has 1 N–H and O–H groups in total. The van der Waals surface area contributed by atoms with Crippen molar-refractivity contribution in [2.24, 2.45) is 0 Å². The van der Waals surface area contributed by atoms with Crippen molar-refractivity contribution >= 4 is 23.6 Å². The summed E-state index contributed by atoms with van der Waals surface area (Å²) < 4.78 is 5.68. The fourth-order valence-corrected chi connectivity index (χ4v) is 2.95. The van der Waals surface area contributed by atoms with Gasteiger partial charge in [0, 0.05) is 24.3 Å². The molecule has 0 aromatic heterocycles. The molecule has 1 aliphatic rings. The molecule has 0 spiro atoms. The highest BCUT2D eigenvalue weighted by Crippen LogP contribution is 2.22. The van der Waals surface area contributed by atoms with Crippen molar-refractivity contribution in [3.8, 4) is 11.8 Å². The van der Waals surface area contributed by atoms with Gasteiger partial charge >= 0.3 is 0 Å². The van der Waals surface area contributed by atoms with Crippen LogP contribution in [0.5, 0.6) is 5.75 Å². The third kappa shape index (κ3) is 4.98. The third-order valence-corrected chi connectivity index (χ3v) is 4.43. The summed E-state index contributed by atoms with van der Waals surface area (Å²) in [6.45, 7) is 1.47. The summed E-state index contributed by atoms with van der Waals surface area (Å²) in [5.74, 6) is -0.106. The Morgan fingerprint density at radius 2 is 1.75 bits per heavy atom. The zero-order valence-corrected chi connectivity index (χ0v) is 15.4. The van der Waals surface area contributed by atoms with Crippen molar-refractivity contribution in [1.29, 1.82) is 5.26 Å². The van der Waals surface area contributed by atoms with E-state index in [1.165, 1.54) is 6.08 Å². The Kier molecular flexibility index (Phi) is 6.42. The summed E-state index contributed by atoms with van der Waals surface area (Å²) in [6.07, 6.45) is 3.51. The van der Waals surface area contributed by atoms with Crippen LogP contribution in [0.2, 0.25) is 0 Å². The number of likely N-dealkylation sites (tertiary alicyclic amines) is 1. The van der Waals surface area contributed by atoms with Crippen molar-refractivity contribution in [2.45, 2.75) is 12.8 Å². The van der Waals surface area contributed by atoms with Gasteiger partial charge in [-0.05, 0) is 37.1 Å². The number of ether oxygens (including phenoxy) is 1. The summed E-state index contributed by atoms with van der Waals surface area (Å²) in [7, 11) is 0. The SMILES string of the molecule is N#C/C(=C\c1ccccc1OCC(=O)N1CCCC1)C(=O)Nc1ccccc1. The van der Waals surface area contributed by atoms with E-state index in [-0.39, 0.29) is 18.1 Å². The second-order valence-corrected chi connectivity index (χ2v) is 6.40. The lowest BCUT2D eigenvalue weighted by Gasteiger charge is -2.16. The van der Waals surface area contributed by atoms with Crippen molar-refractivity contribution in [2.75, 3.05) is 25.0 Å².